The molecule has 0 aromatic rings. The summed E-state index contributed by atoms with van der Waals surface area (Å²) in [6.07, 6.45) is 3.68. The van der Waals surface area contributed by atoms with Crippen LogP contribution in [0.2, 0.25) is 0 Å². The van der Waals surface area contributed by atoms with Crippen LogP contribution in [0.5, 0.6) is 0 Å². The van der Waals surface area contributed by atoms with Crippen LogP contribution in [0.25, 0.3) is 0 Å². The van der Waals surface area contributed by atoms with Gasteiger partial charge in [-0.05, 0) is 58.8 Å². The van der Waals surface area contributed by atoms with E-state index in [0.717, 1.165) is 45.3 Å². The van der Waals surface area contributed by atoms with Gasteiger partial charge in [-0.1, -0.05) is 6.92 Å². The highest BCUT2D eigenvalue weighted by atomic mass is 32.2. The summed E-state index contributed by atoms with van der Waals surface area (Å²) in [7, 11) is 1.12. The summed E-state index contributed by atoms with van der Waals surface area (Å²) < 4.78 is 26.2. The van der Waals surface area contributed by atoms with Crippen molar-refractivity contribution in [1.82, 2.24) is 14.5 Å². The predicted octanol–water partition coefficient (Wildman–Crippen LogP) is 0.980. The molecule has 0 radical (unpaired) electrons. The van der Waals surface area contributed by atoms with Crippen molar-refractivity contribution >= 4 is 10.0 Å². The van der Waals surface area contributed by atoms with Crippen molar-refractivity contribution in [2.24, 2.45) is 5.92 Å². The van der Waals surface area contributed by atoms with Gasteiger partial charge >= 0.3 is 0 Å². The Morgan fingerprint density at radius 3 is 2.40 bits per heavy atom. The average Bonchev–Trinajstić information content (AvgIpc) is 2.38. The van der Waals surface area contributed by atoms with Gasteiger partial charge in [0, 0.05) is 19.6 Å². The molecule has 20 heavy (non-hydrogen) atoms. The minimum Gasteiger partial charge on any atom is -0.317 e. The average molecular weight is 305 g/mol. The van der Waals surface area contributed by atoms with Crippen LogP contribution in [0.1, 0.15) is 32.6 Å². The third-order valence-corrected chi connectivity index (χ3v) is 5.80. The Labute approximate surface area is 124 Å². The van der Waals surface area contributed by atoms with Gasteiger partial charge in [0.05, 0.1) is 5.75 Å². The summed E-state index contributed by atoms with van der Waals surface area (Å²) in [6.45, 7) is 6.40. The summed E-state index contributed by atoms with van der Waals surface area (Å²) >= 11 is 0. The van der Waals surface area contributed by atoms with Crippen molar-refractivity contribution < 1.29 is 8.42 Å². The smallest absolute Gasteiger partial charge is 0.214 e. The lowest BCUT2D eigenvalue weighted by atomic mass is 9.98. The van der Waals surface area contributed by atoms with Gasteiger partial charge < -0.3 is 10.2 Å². The number of sulfonamides is 1. The molecule has 5 nitrogen and oxygen atoms in total. The highest BCUT2D eigenvalue weighted by molar-refractivity contribution is 7.89. The Balaban J connectivity index is 2.28. The molecular weight excluding hydrogens is 274 g/mol. The summed E-state index contributed by atoms with van der Waals surface area (Å²) in [6, 6.07) is 0. The van der Waals surface area contributed by atoms with E-state index in [1.165, 1.54) is 0 Å². The molecule has 1 rings (SSSR count). The summed E-state index contributed by atoms with van der Waals surface area (Å²) in [5.74, 6) is 0.946. The number of nitrogens with zero attached hydrogens (tertiary/aromatic N) is 2. The van der Waals surface area contributed by atoms with Crippen molar-refractivity contribution in [3.63, 3.8) is 0 Å². The molecule has 1 N–H and O–H groups in total. The van der Waals surface area contributed by atoms with E-state index in [2.05, 4.69) is 31.2 Å². The molecule has 1 heterocycles. The third kappa shape index (κ3) is 6.52. The molecule has 1 fully saturated rings. The van der Waals surface area contributed by atoms with E-state index < -0.39 is 10.0 Å². The number of nitrogens with one attached hydrogen (secondary N) is 1. The third-order valence-electron chi connectivity index (χ3n) is 3.85. The van der Waals surface area contributed by atoms with Gasteiger partial charge in [-0.3, -0.25) is 0 Å². The molecule has 0 spiro atoms. The second kappa shape index (κ2) is 8.97. The van der Waals surface area contributed by atoms with Crippen LogP contribution in [0.4, 0.5) is 0 Å². The first-order valence-electron chi connectivity index (χ1n) is 7.79. The zero-order chi connectivity index (χ0) is 15.0. The summed E-state index contributed by atoms with van der Waals surface area (Å²) in [4.78, 5) is 2.19. The molecule has 6 heteroatoms. The molecule has 0 atom stereocenters. The van der Waals surface area contributed by atoms with Crippen LogP contribution in [-0.4, -0.2) is 70.2 Å². The Hall–Kier alpha value is -0.170. The Kier molecular flexibility index (Phi) is 8.02. The zero-order valence-electron chi connectivity index (χ0n) is 13.3. The molecule has 0 unspecified atom stereocenters. The highest BCUT2D eigenvalue weighted by Crippen LogP contribution is 2.20. The molecule has 0 aromatic carbocycles. The number of unbranched alkanes of at least 4 members (excludes halogenated alkanes) is 1. The molecule has 1 saturated heterocycles. The summed E-state index contributed by atoms with van der Waals surface area (Å²) in [5, 5.41) is 3.22. The van der Waals surface area contributed by atoms with E-state index in [0.29, 0.717) is 24.8 Å². The van der Waals surface area contributed by atoms with Gasteiger partial charge in [0.25, 0.3) is 0 Å². The van der Waals surface area contributed by atoms with Crippen molar-refractivity contribution in [1.29, 1.82) is 0 Å². The molecule has 1 aliphatic heterocycles. The standard InChI is InChI=1S/C14H31N3O2S/c1-4-15-9-5-6-12-20(18,19)17-10-7-14(8-11-17)13-16(2)3/h14-15H,4-13H2,1-3H3. The summed E-state index contributed by atoms with van der Waals surface area (Å²) in [5.41, 5.74) is 0. The van der Waals surface area contributed by atoms with Crippen molar-refractivity contribution in [2.45, 2.75) is 32.6 Å². The second-order valence-corrected chi connectivity index (χ2v) is 8.07. The number of piperidine rings is 1. The fourth-order valence-electron chi connectivity index (χ4n) is 2.73. The topological polar surface area (TPSA) is 52.7 Å². The fraction of sp³-hybridized carbons (Fsp3) is 1.00. The monoisotopic (exact) mass is 305 g/mol. The second-order valence-electron chi connectivity index (χ2n) is 5.98. The lowest BCUT2D eigenvalue weighted by Crippen LogP contribution is -2.41. The first-order valence-corrected chi connectivity index (χ1v) is 9.40. The minimum absolute atomic E-state index is 0.302. The maximum atomic E-state index is 12.2. The zero-order valence-corrected chi connectivity index (χ0v) is 14.1. The van der Waals surface area contributed by atoms with E-state index >= 15 is 0 Å². The molecule has 120 valence electrons. The predicted molar refractivity (Wildman–Crippen MR) is 84.4 cm³/mol. The van der Waals surface area contributed by atoms with Crippen LogP contribution < -0.4 is 5.32 Å². The molecule has 0 aliphatic carbocycles. The Morgan fingerprint density at radius 1 is 1.20 bits per heavy atom. The van der Waals surface area contributed by atoms with Crippen molar-refractivity contribution in [3.05, 3.63) is 0 Å². The van der Waals surface area contributed by atoms with E-state index in [1.54, 1.807) is 4.31 Å². The number of hydrogen-bond acceptors (Lipinski definition) is 4. The van der Waals surface area contributed by atoms with Gasteiger partial charge in [0.15, 0.2) is 0 Å². The van der Waals surface area contributed by atoms with Crippen LogP contribution in [0.3, 0.4) is 0 Å². The number of hydrogen-bond donors (Lipinski definition) is 1. The van der Waals surface area contributed by atoms with Crippen LogP contribution in [-0.2, 0) is 10.0 Å². The lowest BCUT2D eigenvalue weighted by molar-refractivity contribution is 0.225. The quantitative estimate of drug-likeness (QED) is 0.645. The lowest BCUT2D eigenvalue weighted by Gasteiger charge is -2.32. The van der Waals surface area contributed by atoms with Gasteiger partial charge in [0.1, 0.15) is 0 Å². The first-order chi connectivity index (χ1) is 9.45. The Bertz CT molecular complexity index is 349. The van der Waals surface area contributed by atoms with Gasteiger partial charge in [-0.15, -0.1) is 0 Å². The molecule has 0 saturated carbocycles. The molecule has 1 aliphatic rings. The maximum Gasteiger partial charge on any atom is 0.214 e. The molecule has 0 bridgehead atoms. The minimum atomic E-state index is -3.03. The molecule has 0 aromatic heterocycles. The Morgan fingerprint density at radius 2 is 1.85 bits per heavy atom. The largest absolute Gasteiger partial charge is 0.317 e. The number of rotatable bonds is 9. The van der Waals surface area contributed by atoms with Crippen molar-refractivity contribution in [3.8, 4) is 0 Å². The van der Waals surface area contributed by atoms with E-state index in [1.807, 2.05) is 0 Å². The van der Waals surface area contributed by atoms with Gasteiger partial charge in [-0.25, -0.2) is 12.7 Å². The van der Waals surface area contributed by atoms with Crippen molar-refractivity contribution in [2.75, 3.05) is 52.6 Å². The molecule has 0 amide bonds. The molecular formula is C14H31N3O2S. The first kappa shape index (κ1) is 17.9. The van der Waals surface area contributed by atoms with Crippen LogP contribution in [0, 0.1) is 5.92 Å². The normalized spacial score (nSPS) is 18.8. The SMILES string of the molecule is CCNCCCCS(=O)(=O)N1CCC(CN(C)C)CC1. The fourth-order valence-corrected chi connectivity index (χ4v) is 4.32. The highest BCUT2D eigenvalue weighted by Gasteiger charge is 2.27. The maximum absolute atomic E-state index is 12.2. The van der Waals surface area contributed by atoms with Crippen LogP contribution in [0.15, 0.2) is 0 Å². The van der Waals surface area contributed by atoms with Gasteiger partial charge in [0.2, 0.25) is 10.0 Å². The van der Waals surface area contributed by atoms with Gasteiger partial charge in [-0.2, -0.15) is 0 Å². The van der Waals surface area contributed by atoms with E-state index in [-0.39, 0.29) is 0 Å². The van der Waals surface area contributed by atoms with E-state index in [4.69, 9.17) is 0 Å². The van der Waals surface area contributed by atoms with E-state index in [9.17, 15) is 8.42 Å². The van der Waals surface area contributed by atoms with Crippen LogP contribution >= 0.6 is 0 Å².